The molecule has 12 heavy (non-hydrogen) atoms. The highest BCUT2D eigenvalue weighted by atomic mass is 16.6. The van der Waals surface area contributed by atoms with Crippen molar-refractivity contribution in [3.05, 3.63) is 12.7 Å². The first-order valence-electron chi connectivity index (χ1n) is 4.05. The molecule has 0 saturated heterocycles. The molecule has 0 radical (unpaired) electrons. The molecule has 0 saturated carbocycles. The first-order valence-corrected chi connectivity index (χ1v) is 4.05. The first-order chi connectivity index (χ1) is 5.70. The maximum absolute atomic E-state index is 10.8. The fourth-order valence-corrected chi connectivity index (χ4v) is 0.653. The largest absolute Gasteiger partial charge is 0.393 e. The molecule has 0 aromatic carbocycles. The molecule has 3 nitrogen and oxygen atoms in total. The van der Waals surface area contributed by atoms with Gasteiger partial charge in [-0.1, -0.05) is 13.0 Å². The first kappa shape index (κ1) is 10.9. The lowest BCUT2D eigenvalue weighted by Crippen LogP contribution is -2.11. The summed E-state index contributed by atoms with van der Waals surface area (Å²) in [6.07, 6.45) is 3.41. The zero-order valence-electron chi connectivity index (χ0n) is 7.34. The predicted molar refractivity (Wildman–Crippen MR) is 45.4 cm³/mol. The summed E-state index contributed by atoms with van der Waals surface area (Å²) in [5.74, 6) is -0.903. The molecule has 0 rings (SSSR count). The van der Waals surface area contributed by atoms with Crippen LogP contribution in [0.3, 0.4) is 0 Å². The van der Waals surface area contributed by atoms with E-state index in [9.17, 15) is 9.59 Å². The molecule has 68 valence electrons. The Balaban J connectivity index is 3.54. The summed E-state index contributed by atoms with van der Waals surface area (Å²) in [7, 11) is 0. The van der Waals surface area contributed by atoms with E-state index < -0.39 is 11.9 Å². The van der Waals surface area contributed by atoms with Crippen LogP contribution >= 0.6 is 0 Å². The molecular weight excluding hydrogens is 156 g/mol. The second-order valence-electron chi connectivity index (χ2n) is 2.42. The molecular formula is C9H14O3. The highest BCUT2D eigenvalue weighted by Crippen LogP contribution is 1.97. The fourth-order valence-electron chi connectivity index (χ4n) is 0.653. The highest BCUT2D eigenvalue weighted by molar-refractivity contribution is 5.85. The zero-order valence-corrected chi connectivity index (χ0v) is 7.34. The summed E-state index contributed by atoms with van der Waals surface area (Å²) in [4.78, 5) is 21.5. The zero-order chi connectivity index (χ0) is 9.40. The Kier molecular flexibility index (Phi) is 5.97. The summed E-state index contributed by atoms with van der Waals surface area (Å²) < 4.78 is 4.47. The maximum atomic E-state index is 10.8. The molecule has 0 amide bonds. The molecule has 0 N–H and O–H groups in total. The third-order valence-electron chi connectivity index (χ3n) is 1.23. The number of carbonyl (C=O) groups excluding carboxylic acids is 2. The van der Waals surface area contributed by atoms with Crippen molar-refractivity contribution in [3.63, 3.8) is 0 Å². The van der Waals surface area contributed by atoms with Crippen molar-refractivity contribution in [1.82, 2.24) is 0 Å². The molecule has 0 aromatic rings. The average Bonchev–Trinajstić information content (AvgIpc) is 2.01. The van der Waals surface area contributed by atoms with Crippen LogP contribution in [0, 0.1) is 0 Å². The fraction of sp³-hybridized carbons (Fsp3) is 0.556. The number of ether oxygens (including phenoxy) is 1. The minimum atomic E-state index is -0.464. The van der Waals surface area contributed by atoms with Gasteiger partial charge in [0.1, 0.15) is 0 Å². The van der Waals surface area contributed by atoms with Crippen molar-refractivity contribution < 1.29 is 14.3 Å². The maximum Gasteiger partial charge on any atom is 0.313 e. The van der Waals surface area contributed by atoms with Crippen LogP contribution in [0.4, 0.5) is 0 Å². The Bertz CT molecular complexity index is 173. The Labute approximate surface area is 72.4 Å². The predicted octanol–water partition coefficient (Wildman–Crippen LogP) is 1.82. The molecule has 0 aromatic heterocycles. The van der Waals surface area contributed by atoms with Crippen LogP contribution in [0.15, 0.2) is 12.7 Å². The summed E-state index contributed by atoms with van der Waals surface area (Å²) in [6, 6.07) is 0. The number of hydrogen-bond acceptors (Lipinski definition) is 3. The van der Waals surface area contributed by atoms with Crippen molar-refractivity contribution in [2.75, 3.05) is 0 Å². The van der Waals surface area contributed by atoms with Gasteiger partial charge in [0.15, 0.2) is 0 Å². The molecule has 0 aliphatic rings. The van der Waals surface area contributed by atoms with Gasteiger partial charge in [-0.3, -0.25) is 9.59 Å². The molecule has 0 aliphatic carbocycles. The van der Waals surface area contributed by atoms with Gasteiger partial charge in [-0.05, 0) is 12.8 Å². The van der Waals surface area contributed by atoms with E-state index in [1.807, 2.05) is 6.92 Å². The van der Waals surface area contributed by atoms with Crippen LogP contribution in [0.2, 0.25) is 0 Å². The minimum absolute atomic E-state index is 0.235. The summed E-state index contributed by atoms with van der Waals surface area (Å²) in [5.41, 5.74) is 0. The van der Waals surface area contributed by atoms with Crippen LogP contribution in [0.25, 0.3) is 0 Å². The molecule has 0 unspecified atom stereocenters. The monoisotopic (exact) mass is 170 g/mol. The third-order valence-corrected chi connectivity index (χ3v) is 1.23. The molecule has 0 atom stereocenters. The van der Waals surface area contributed by atoms with Crippen molar-refractivity contribution >= 4 is 11.9 Å². The summed E-state index contributed by atoms with van der Waals surface area (Å²) >= 11 is 0. The van der Waals surface area contributed by atoms with Crippen molar-refractivity contribution in [2.45, 2.75) is 32.6 Å². The lowest BCUT2D eigenvalue weighted by atomic mass is 10.3. The van der Waals surface area contributed by atoms with E-state index in [-0.39, 0.29) is 6.42 Å². The topological polar surface area (TPSA) is 43.4 Å². The number of carbonyl (C=O) groups is 2. The van der Waals surface area contributed by atoms with Gasteiger partial charge in [-0.2, -0.15) is 0 Å². The SMILES string of the molecule is C=CCCC(=O)OC(=O)CCC. The summed E-state index contributed by atoms with van der Waals surface area (Å²) in [5, 5.41) is 0. The van der Waals surface area contributed by atoms with E-state index in [1.54, 1.807) is 6.08 Å². The summed E-state index contributed by atoms with van der Waals surface area (Å²) in [6.45, 7) is 5.31. The Morgan fingerprint density at radius 1 is 1.33 bits per heavy atom. The normalized spacial score (nSPS) is 9.08. The Morgan fingerprint density at radius 2 is 1.92 bits per heavy atom. The van der Waals surface area contributed by atoms with Gasteiger partial charge in [0.2, 0.25) is 0 Å². The van der Waals surface area contributed by atoms with Crippen LogP contribution < -0.4 is 0 Å². The van der Waals surface area contributed by atoms with Gasteiger partial charge in [-0.15, -0.1) is 6.58 Å². The highest BCUT2D eigenvalue weighted by Gasteiger charge is 2.07. The van der Waals surface area contributed by atoms with E-state index >= 15 is 0 Å². The molecule has 3 heteroatoms. The van der Waals surface area contributed by atoms with Gasteiger partial charge >= 0.3 is 11.9 Å². The molecule has 0 bridgehead atoms. The number of esters is 2. The van der Waals surface area contributed by atoms with E-state index in [4.69, 9.17) is 0 Å². The minimum Gasteiger partial charge on any atom is -0.393 e. The third kappa shape index (κ3) is 5.65. The van der Waals surface area contributed by atoms with Crippen molar-refractivity contribution in [2.24, 2.45) is 0 Å². The van der Waals surface area contributed by atoms with Crippen molar-refractivity contribution in [3.8, 4) is 0 Å². The van der Waals surface area contributed by atoms with E-state index in [1.165, 1.54) is 0 Å². The van der Waals surface area contributed by atoms with E-state index in [0.29, 0.717) is 19.3 Å². The van der Waals surface area contributed by atoms with Crippen molar-refractivity contribution in [1.29, 1.82) is 0 Å². The molecule has 0 heterocycles. The van der Waals surface area contributed by atoms with Crippen LogP contribution in [-0.4, -0.2) is 11.9 Å². The van der Waals surface area contributed by atoms with Crippen LogP contribution in [0.5, 0.6) is 0 Å². The standard InChI is InChI=1S/C9H14O3/c1-3-5-7-9(11)12-8(10)6-4-2/h3H,1,4-7H2,2H3. The van der Waals surface area contributed by atoms with E-state index in [0.717, 1.165) is 0 Å². The second-order valence-corrected chi connectivity index (χ2v) is 2.42. The molecule has 0 fully saturated rings. The van der Waals surface area contributed by atoms with Gasteiger partial charge in [0.05, 0.1) is 0 Å². The lowest BCUT2D eigenvalue weighted by molar-refractivity contribution is -0.159. The van der Waals surface area contributed by atoms with Gasteiger partial charge in [0, 0.05) is 12.8 Å². The molecule has 0 spiro atoms. The second kappa shape index (κ2) is 6.58. The number of hydrogen-bond donors (Lipinski definition) is 0. The van der Waals surface area contributed by atoms with Crippen LogP contribution in [0.1, 0.15) is 32.6 Å². The Hall–Kier alpha value is -1.12. The molecule has 0 aliphatic heterocycles. The Morgan fingerprint density at radius 3 is 2.42 bits per heavy atom. The number of allylic oxidation sites excluding steroid dienone is 1. The quantitative estimate of drug-likeness (QED) is 0.359. The van der Waals surface area contributed by atoms with Gasteiger partial charge in [0.25, 0.3) is 0 Å². The van der Waals surface area contributed by atoms with Crippen LogP contribution in [-0.2, 0) is 14.3 Å². The number of rotatable bonds is 5. The smallest absolute Gasteiger partial charge is 0.313 e. The lowest BCUT2D eigenvalue weighted by Gasteiger charge is -1.99. The van der Waals surface area contributed by atoms with Gasteiger partial charge < -0.3 is 4.74 Å². The average molecular weight is 170 g/mol. The van der Waals surface area contributed by atoms with Gasteiger partial charge in [-0.25, -0.2) is 0 Å². The van der Waals surface area contributed by atoms with E-state index in [2.05, 4.69) is 11.3 Å².